The molecule has 0 saturated carbocycles. The van der Waals surface area contributed by atoms with E-state index in [4.69, 9.17) is 32.4 Å². The zero-order valence-corrected chi connectivity index (χ0v) is 13.7. The highest BCUT2D eigenvalue weighted by Gasteiger charge is 2.16. The second-order valence-corrected chi connectivity index (χ2v) is 5.74. The average molecular weight is 364 g/mol. The Kier molecular flexibility index (Phi) is 4.74. The molecule has 0 fully saturated rings. The van der Waals surface area contributed by atoms with Crippen LogP contribution in [0.15, 0.2) is 52.9 Å². The highest BCUT2D eigenvalue weighted by molar-refractivity contribution is 6.33. The van der Waals surface area contributed by atoms with Crippen LogP contribution in [0.25, 0.3) is 11.0 Å². The van der Waals surface area contributed by atoms with Gasteiger partial charge in [-0.05, 0) is 36.4 Å². The summed E-state index contributed by atoms with van der Waals surface area (Å²) in [6, 6.07) is 13.2. The first-order valence-electron chi connectivity index (χ1n) is 6.93. The molecule has 0 spiro atoms. The molecule has 0 atom stereocenters. The molecule has 1 amide bonds. The minimum Gasteiger partial charge on any atom is -0.450 e. The van der Waals surface area contributed by atoms with Crippen molar-refractivity contribution in [3.8, 4) is 0 Å². The Morgan fingerprint density at radius 3 is 2.67 bits per heavy atom. The van der Waals surface area contributed by atoms with Gasteiger partial charge in [0.1, 0.15) is 5.58 Å². The predicted octanol–water partition coefficient (Wildman–Crippen LogP) is 4.54. The van der Waals surface area contributed by atoms with Gasteiger partial charge in [-0.3, -0.25) is 4.79 Å². The zero-order chi connectivity index (χ0) is 17.1. The van der Waals surface area contributed by atoms with E-state index in [0.29, 0.717) is 26.7 Å². The summed E-state index contributed by atoms with van der Waals surface area (Å²) in [6.45, 7) is -0.456. The molecule has 2 aromatic carbocycles. The van der Waals surface area contributed by atoms with Gasteiger partial charge >= 0.3 is 5.97 Å². The number of carbonyl (C=O) groups is 2. The van der Waals surface area contributed by atoms with E-state index in [1.165, 1.54) is 6.07 Å². The number of carbonyl (C=O) groups excluding carboxylic acids is 2. The molecule has 5 nitrogen and oxygen atoms in total. The fourth-order valence-corrected chi connectivity index (χ4v) is 2.43. The van der Waals surface area contributed by atoms with Crippen LogP contribution >= 0.6 is 23.2 Å². The topological polar surface area (TPSA) is 68.5 Å². The second kappa shape index (κ2) is 6.95. The summed E-state index contributed by atoms with van der Waals surface area (Å²) < 4.78 is 10.3. The number of anilines is 1. The van der Waals surface area contributed by atoms with E-state index < -0.39 is 18.5 Å². The van der Waals surface area contributed by atoms with Crippen molar-refractivity contribution in [3.05, 3.63) is 64.3 Å². The Balaban J connectivity index is 1.62. The standard InChI is InChI=1S/C17H11Cl2NO4/c18-11-5-6-14-10(7-11)8-15(24-14)17(22)23-9-16(21)20-13-4-2-1-3-12(13)19/h1-8H,9H2,(H,20,21). The van der Waals surface area contributed by atoms with Crippen LogP contribution in [0.5, 0.6) is 0 Å². The van der Waals surface area contributed by atoms with Gasteiger partial charge in [-0.15, -0.1) is 0 Å². The third-order valence-corrected chi connectivity index (χ3v) is 3.73. The molecule has 24 heavy (non-hydrogen) atoms. The third kappa shape index (κ3) is 3.69. The summed E-state index contributed by atoms with van der Waals surface area (Å²) in [5, 5.41) is 4.16. The molecule has 1 N–H and O–H groups in total. The minimum atomic E-state index is -0.739. The molecule has 0 unspecified atom stereocenters. The molecule has 7 heteroatoms. The summed E-state index contributed by atoms with van der Waals surface area (Å²) in [5.41, 5.74) is 0.950. The van der Waals surface area contributed by atoms with E-state index in [0.717, 1.165) is 0 Å². The molecule has 1 heterocycles. The molecular weight excluding hydrogens is 353 g/mol. The van der Waals surface area contributed by atoms with Crippen molar-refractivity contribution in [3.63, 3.8) is 0 Å². The number of nitrogens with one attached hydrogen (secondary N) is 1. The minimum absolute atomic E-state index is 0.00203. The van der Waals surface area contributed by atoms with Gasteiger partial charge in [0.25, 0.3) is 5.91 Å². The Hall–Kier alpha value is -2.50. The number of benzene rings is 2. The first-order chi connectivity index (χ1) is 11.5. The van der Waals surface area contributed by atoms with Crippen molar-refractivity contribution < 1.29 is 18.7 Å². The summed E-state index contributed by atoms with van der Waals surface area (Å²) in [6.07, 6.45) is 0. The van der Waals surface area contributed by atoms with Crippen LogP contribution in [0.1, 0.15) is 10.6 Å². The smallest absolute Gasteiger partial charge is 0.374 e. The lowest BCUT2D eigenvalue weighted by molar-refractivity contribution is -0.119. The lowest BCUT2D eigenvalue weighted by atomic mass is 10.2. The van der Waals surface area contributed by atoms with Crippen LogP contribution in [0, 0.1) is 0 Å². The van der Waals surface area contributed by atoms with Gasteiger partial charge in [0.15, 0.2) is 6.61 Å². The highest BCUT2D eigenvalue weighted by atomic mass is 35.5. The number of hydrogen-bond donors (Lipinski definition) is 1. The van der Waals surface area contributed by atoms with Crippen LogP contribution < -0.4 is 5.32 Å². The van der Waals surface area contributed by atoms with Gasteiger partial charge in [-0.1, -0.05) is 35.3 Å². The number of amides is 1. The van der Waals surface area contributed by atoms with Crippen LogP contribution in [0.3, 0.4) is 0 Å². The molecule has 122 valence electrons. The van der Waals surface area contributed by atoms with Crippen molar-refractivity contribution in [1.29, 1.82) is 0 Å². The molecule has 0 aliphatic heterocycles. The predicted molar refractivity (Wildman–Crippen MR) is 91.6 cm³/mol. The number of fused-ring (bicyclic) bond motifs is 1. The van der Waals surface area contributed by atoms with E-state index in [9.17, 15) is 9.59 Å². The van der Waals surface area contributed by atoms with E-state index in [1.807, 2.05) is 0 Å². The van der Waals surface area contributed by atoms with Gasteiger partial charge in [0, 0.05) is 10.4 Å². The molecule has 0 radical (unpaired) electrons. The number of para-hydroxylation sites is 1. The van der Waals surface area contributed by atoms with Gasteiger partial charge in [-0.25, -0.2) is 4.79 Å². The lowest BCUT2D eigenvalue weighted by Gasteiger charge is -2.07. The van der Waals surface area contributed by atoms with Crippen LogP contribution in [0.4, 0.5) is 5.69 Å². The van der Waals surface area contributed by atoms with Crippen LogP contribution in [0.2, 0.25) is 10.0 Å². The average Bonchev–Trinajstić information content (AvgIpc) is 2.98. The Bertz CT molecular complexity index is 920. The van der Waals surface area contributed by atoms with Gasteiger partial charge in [-0.2, -0.15) is 0 Å². The Labute approximate surface area is 147 Å². The van der Waals surface area contributed by atoms with Gasteiger partial charge < -0.3 is 14.5 Å². The zero-order valence-electron chi connectivity index (χ0n) is 12.2. The number of esters is 1. The van der Waals surface area contributed by atoms with Crippen molar-refractivity contribution in [1.82, 2.24) is 0 Å². The maximum Gasteiger partial charge on any atom is 0.374 e. The van der Waals surface area contributed by atoms with Crippen molar-refractivity contribution >= 4 is 51.7 Å². The summed E-state index contributed by atoms with van der Waals surface area (Å²) >= 11 is 11.8. The summed E-state index contributed by atoms with van der Waals surface area (Å²) in [7, 11) is 0. The van der Waals surface area contributed by atoms with Crippen molar-refractivity contribution in [2.75, 3.05) is 11.9 Å². The quantitative estimate of drug-likeness (QED) is 0.691. The molecule has 1 aromatic heterocycles. The fraction of sp³-hybridized carbons (Fsp3) is 0.0588. The highest BCUT2D eigenvalue weighted by Crippen LogP contribution is 2.23. The Morgan fingerprint density at radius 2 is 1.88 bits per heavy atom. The number of furan rings is 1. The van der Waals surface area contributed by atoms with Crippen LogP contribution in [-0.2, 0) is 9.53 Å². The molecule has 3 aromatic rings. The number of rotatable bonds is 4. The normalized spacial score (nSPS) is 10.6. The van der Waals surface area contributed by atoms with Gasteiger partial charge in [0.2, 0.25) is 5.76 Å². The number of halogens is 2. The monoisotopic (exact) mass is 363 g/mol. The molecule has 0 aliphatic rings. The third-order valence-electron chi connectivity index (χ3n) is 3.16. The molecular formula is C17H11Cl2NO4. The fourth-order valence-electron chi connectivity index (χ4n) is 2.07. The largest absolute Gasteiger partial charge is 0.450 e. The maximum absolute atomic E-state index is 12.0. The maximum atomic E-state index is 12.0. The lowest BCUT2D eigenvalue weighted by Crippen LogP contribution is -2.20. The summed E-state index contributed by atoms with van der Waals surface area (Å²) in [4.78, 5) is 23.8. The molecule has 0 bridgehead atoms. The molecule has 3 rings (SSSR count). The number of ether oxygens (including phenoxy) is 1. The van der Waals surface area contributed by atoms with Gasteiger partial charge in [0.05, 0.1) is 10.7 Å². The SMILES string of the molecule is O=C(COC(=O)c1cc2cc(Cl)ccc2o1)Nc1ccccc1Cl. The first-order valence-corrected chi connectivity index (χ1v) is 7.69. The molecule has 0 aliphatic carbocycles. The summed E-state index contributed by atoms with van der Waals surface area (Å²) in [5.74, 6) is -1.25. The Morgan fingerprint density at radius 1 is 1.08 bits per heavy atom. The van der Waals surface area contributed by atoms with E-state index in [2.05, 4.69) is 5.32 Å². The van der Waals surface area contributed by atoms with E-state index >= 15 is 0 Å². The first kappa shape index (κ1) is 16.4. The van der Waals surface area contributed by atoms with E-state index in [-0.39, 0.29) is 5.76 Å². The van der Waals surface area contributed by atoms with E-state index in [1.54, 1.807) is 42.5 Å². The van der Waals surface area contributed by atoms with Crippen molar-refractivity contribution in [2.24, 2.45) is 0 Å². The second-order valence-electron chi connectivity index (χ2n) is 4.90. The number of hydrogen-bond acceptors (Lipinski definition) is 4. The molecule has 0 saturated heterocycles. The van der Waals surface area contributed by atoms with Crippen molar-refractivity contribution in [2.45, 2.75) is 0 Å². The van der Waals surface area contributed by atoms with Crippen LogP contribution in [-0.4, -0.2) is 18.5 Å².